The van der Waals surface area contributed by atoms with E-state index in [1.54, 1.807) is 0 Å². The lowest BCUT2D eigenvalue weighted by molar-refractivity contribution is 0.300. The van der Waals surface area contributed by atoms with Crippen LogP contribution in [0.5, 0.6) is 0 Å². The molecule has 108 valence electrons. The summed E-state index contributed by atoms with van der Waals surface area (Å²) in [4.78, 5) is 4.61. The predicted octanol–water partition coefficient (Wildman–Crippen LogP) is 2.14. The average molecular weight is 257 g/mol. The number of guanidine groups is 1. The first-order valence-corrected chi connectivity index (χ1v) is 7.41. The van der Waals surface area contributed by atoms with E-state index < -0.39 is 0 Å². The Labute approximate surface area is 112 Å². The zero-order chi connectivity index (χ0) is 13.6. The summed E-state index contributed by atoms with van der Waals surface area (Å²) in [6, 6.07) is 0. The van der Waals surface area contributed by atoms with Crippen molar-refractivity contribution in [3.8, 4) is 0 Å². The molecule has 0 aliphatic rings. The molecule has 4 nitrogen and oxygen atoms in total. The highest BCUT2D eigenvalue weighted by atomic mass is 16.3. The van der Waals surface area contributed by atoms with Gasteiger partial charge in [0.15, 0.2) is 5.96 Å². The molecule has 0 spiro atoms. The summed E-state index contributed by atoms with van der Waals surface area (Å²) in [6.07, 6.45) is 6.30. The van der Waals surface area contributed by atoms with Crippen LogP contribution in [0.25, 0.3) is 0 Å². The molecule has 0 aromatic heterocycles. The summed E-state index contributed by atoms with van der Waals surface area (Å²) in [5.74, 6) is 1.52. The average Bonchev–Trinajstić information content (AvgIpc) is 2.38. The number of rotatable bonds is 10. The number of aliphatic hydroxyl groups excluding tert-OH is 1. The van der Waals surface area contributed by atoms with Crippen LogP contribution in [0.4, 0.5) is 0 Å². The molecular weight excluding hydrogens is 226 g/mol. The molecule has 0 heterocycles. The van der Waals surface area contributed by atoms with Gasteiger partial charge in [-0.1, -0.05) is 33.1 Å². The molecule has 0 radical (unpaired) electrons. The van der Waals surface area contributed by atoms with Crippen LogP contribution in [0.3, 0.4) is 0 Å². The third-order valence-electron chi connectivity index (χ3n) is 2.92. The van der Waals surface area contributed by atoms with Crippen molar-refractivity contribution in [2.45, 2.75) is 52.9 Å². The molecule has 1 unspecified atom stereocenters. The van der Waals surface area contributed by atoms with Gasteiger partial charge in [-0.3, -0.25) is 4.99 Å². The summed E-state index contributed by atoms with van der Waals surface area (Å²) >= 11 is 0. The molecular formula is C14H31N3O. The number of nitrogens with one attached hydrogen (secondary N) is 2. The Morgan fingerprint density at radius 2 is 1.89 bits per heavy atom. The molecule has 0 aromatic rings. The Morgan fingerprint density at radius 3 is 2.44 bits per heavy atom. The van der Waals surface area contributed by atoms with Crippen molar-refractivity contribution < 1.29 is 5.11 Å². The van der Waals surface area contributed by atoms with Crippen LogP contribution in [0.2, 0.25) is 0 Å². The summed E-state index contributed by atoms with van der Waals surface area (Å²) in [6.45, 7) is 8.95. The van der Waals surface area contributed by atoms with Gasteiger partial charge < -0.3 is 15.7 Å². The highest BCUT2D eigenvalue weighted by Crippen LogP contribution is 2.15. The predicted molar refractivity (Wildman–Crippen MR) is 79.0 cm³/mol. The Hall–Kier alpha value is -0.770. The van der Waals surface area contributed by atoms with E-state index in [1.807, 2.05) is 0 Å². The fraction of sp³-hybridized carbons (Fsp3) is 0.929. The SMILES string of the molecule is CCCCC(CCC)CN=C(NCC)NCCO. The molecule has 0 fully saturated rings. The molecule has 0 aliphatic heterocycles. The highest BCUT2D eigenvalue weighted by molar-refractivity contribution is 5.79. The van der Waals surface area contributed by atoms with Gasteiger partial charge in [0, 0.05) is 19.6 Å². The first-order valence-electron chi connectivity index (χ1n) is 7.41. The Bertz CT molecular complexity index is 207. The normalized spacial score (nSPS) is 13.4. The number of nitrogens with zero attached hydrogens (tertiary/aromatic N) is 1. The van der Waals surface area contributed by atoms with E-state index in [-0.39, 0.29) is 6.61 Å². The highest BCUT2D eigenvalue weighted by Gasteiger charge is 2.07. The Balaban J connectivity index is 4.18. The minimum Gasteiger partial charge on any atom is -0.395 e. The largest absolute Gasteiger partial charge is 0.395 e. The van der Waals surface area contributed by atoms with Crippen LogP contribution in [0.1, 0.15) is 52.9 Å². The van der Waals surface area contributed by atoms with Crippen molar-refractivity contribution in [3.63, 3.8) is 0 Å². The van der Waals surface area contributed by atoms with Gasteiger partial charge in [-0.05, 0) is 25.7 Å². The summed E-state index contributed by atoms with van der Waals surface area (Å²) in [7, 11) is 0. The Kier molecular flexibility index (Phi) is 12.1. The third kappa shape index (κ3) is 9.28. The van der Waals surface area contributed by atoms with E-state index in [4.69, 9.17) is 5.11 Å². The summed E-state index contributed by atoms with van der Waals surface area (Å²) in [5, 5.41) is 15.1. The first-order chi connectivity index (χ1) is 8.78. The monoisotopic (exact) mass is 257 g/mol. The molecule has 0 aliphatic carbocycles. The van der Waals surface area contributed by atoms with Gasteiger partial charge in [0.25, 0.3) is 0 Å². The third-order valence-corrected chi connectivity index (χ3v) is 2.92. The molecule has 18 heavy (non-hydrogen) atoms. The van der Waals surface area contributed by atoms with Gasteiger partial charge in [-0.2, -0.15) is 0 Å². The van der Waals surface area contributed by atoms with Gasteiger partial charge in [0.05, 0.1) is 6.61 Å². The molecule has 0 saturated heterocycles. The lowest BCUT2D eigenvalue weighted by Crippen LogP contribution is -2.39. The number of unbranched alkanes of at least 4 members (excludes halogenated alkanes) is 1. The second kappa shape index (κ2) is 12.7. The van der Waals surface area contributed by atoms with Crippen molar-refractivity contribution in [1.29, 1.82) is 0 Å². The first kappa shape index (κ1) is 17.2. The number of hydrogen-bond donors (Lipinski definition) is 3. The summed E-state index contributed by atoms with van der Waals surface area (Å²) < 4.78 is 0. The lowest BCUT2D eigenvalue weighted by atomic mass is 9.97. The van der Waals surface area contributed by atoms with Crippen LogP contribution < -0.4 is 10.6 Å². The second-order valence-electron chi connectivity index (χ2n) is 4.67. The van der Waals surface area contributed by atoms with E-state index in [9.17, 15) is 0 Å². The smallest absolute Gasteiger partial charge is 0.191 e. The van der Waals surface area contributed by atoms with E-state index in [2.05, 4.69) is 36.4 Å². The molecule has 0 aromatic carbocycles. The fourth-order valence-corrected chi connectivity index (χ4v) is 1.96. The van der Waals surface area contributed by atoms with Crippen molar-refractivity contribution in [2.24, 2.45) is 10.9 Å². The molecule has 0 bridgehead atoms. The second-order valence-corrected chi connectivity index (χ2v) is 4.67. The number of hydrogen-bond acceptors (Lipinski definition) is 2. The number of aliphatic imine (C=N–C) groups is 1. The van der Waals surface area contributed by atoms with Crippen molar-refractivity contribution in [2.75, 3.05) is 26.2 Å². The van der Waals surface area contributed by atoms with Crippen molar-refractivity contribution in [1.82, 2.24) is 10.6 Å². The molecule has 1 atom stereocenters. The topological polar surface area (TPSA) is 56.7 Å². The minimum atomic E-state index is 0.138. The standard InChI is InChI=1S/C14H31N3O/c1-4-7-9-13(8-5-2)12-17-14(15-6-3)16-10-11-18/h13,18H,4-12H2,1-3H3,(H2,15,16,17). The quantitative estimate of drug-likeness (QED) is 0.415. The van der Waals surface area contributed by atoms with Crippen molar-refractivity contribution in [3.05, 3.63) is 0 Å². The van der Waals surface area contributed by atoms with Gasteiger partial charge in [-0.15, -0.1) is 0 Å². The van der Waals surface area contributed by atoms with Crippen LogP contribution in [0.15, 0.2) is 4.99 Å². The fourth-order valence-electron chi connectivity index (χ4n) is 1.96. The zero-order valence-electron chi connectivity index (χ0n) is 12.3. The van der Waals surface area contributed by atoms with Crippen LogP contribution in [-0.4, -0.2) is 37.3 Å². The van der Waals surface area contributed by atoms with E-state index in [0.29, 0.717) is 12.5 Å². The van der Waals surface area contributed by atoms with Crippen LogP contribution in [0, 0.1) is 5.92 Å². The number of aliphatic hydroxyl groups is 1. The maximum Gasteiger partial charge on any atom is 0.191 e. The summed E-state index contributed by atoms with van der Waals surface area (Å²) in [5.41, 5.74) is 0. The van der Waals surface area contributed by atoms with Crippen molar-refractivity contribution >= 4 is 5.96 Å². The molecule has 0 saturated carbocycles. The van der Waals surface area contributed by atoms with E-state index >= 15 is 0 Å². The van der Waals surface area contributed by atoms with Gasteiger partial charge in [-0.25, -0.2) is 0 Å². The molecule has 3 N–H and O–H groups in total. The lowest BCUT2D eigenvalue weighted by Gasteiger charge is -2.15. The van der Waals surface area contributed by atoms with Gasteiger partial charge in [0.1, 0.15) is 0 Å². The van der Waals surface area contributed by atoms with Gasteiger partial charge in [0.2, 0.25) is 0 Å². The van der Waals surface area contributed by atoms with E-state index in [1.165, 1.54) is 32.1 Å². The van der Waals surface area contributed by atoms with E-state index in [0.717, 1.165) is 19.0 Å². The Morgan fingerprint density at radius 1 is 1.11 bits per heavy atom. The molecule has 0 rings (SSSR count). The maximum absolute atomic E-state index is 8.82. The molecule has 4 heteroatoms. The minimum absolute atomic E-state index is 0.138. The van der Waals surface area contributed by atoms with Crippen LogP contribution >= 0.6 is 0 Å². The van der Waals surface area contributed by atoms with Crippen LogP contribution in [-0.2, 0) is 0 Å². The maximum atomic E-state index is 8.82. The molecule has 0 amide bonds. The van der Waals surface area contributed by atoms with Gasteiger partial charge >= 0.3 is 0 Å². The zero-order valence-corrected chi connectivity index (χ0v) is 12.3.